The number of nitrogens with zero attached hydrogens (tertiary/aromatic N) is 1. The van der Waals surface area contributed by atoms with Crippen LogP contribution >= 0.6 is 11.6 Å². The van der Waals surface area contributed by atoms with Gasteiger partial charge in [0.05, 0.1) is 22.8 Å². The summed E-state index contributed by atoms with van der Waals surface area (Å²) in [5.74, 6) is -1.69. The third kappa shape index (κ3) is 2.79. The molecule has 2 unspecified atom stereocenters. The molecule has 2 rings (SSSR count). The average molecular weight is 269 g/mol. The zero-order valence-electron chi connectivity index (χ0n) is 9.60. The SMILES string of the molecule is O=C(O)C1CCC(C(=O)Nc2cnccc2Cl)C1. The van der Waals surface area contributed by atoms with Crippen molar-refractivity contribution in [3.05, 3.63) is 23.5 Å². The first-order valence-electron chi connectivity index (χ1n) is 5.71. The molecule has 1 aromatic rings. The Morgan fingerprint density at radius 1 is 1.39 bits per heavy atom. The number of nitrogens with one attached hydrogen (secondary N) is 1. The number of anilines is 1. The number of hydrogen-bond acceptors (Lipinski definition) is 3. The van der Waals surface area contributed by atoms with Crippen LogP contribution in [0.5, 0.6) is 0 Å². The van der Waals surface area contributed by atoms with Crippen LogP contribution in [-0.2, 0) is 9.59 Å². The lowest BCUT2D eigenvalue weighted by Crippen LogP contribution is -2.21. The highest BCUT2D eigenvalue weighted by atomic mass is 35.5. The molecule has 18 heavy (non-hydrogen) atoms. The van der Waals surface area contributed by atoms with Crippen molar-refractivity contribution in [2.75, 3.05) is 5.32 Å². The van der Waals surface area contributed by atoms with Gasteiger partial charge in [0.25, 0.3) is 0 Å². The van der Waals surface area contributed by atoms with E-state index in [-0.39, 0.29) is 11.8 Å². The summed E-state index contributed by atoms with van der Waals surface area (Å²) in [4.78, 5) is 26.6. The maximum Gasteiger partial charge on any atom is 0.306 e. The summed E-state index contributed by atoms with van der Waals surface area (Å²) in [6.07, 6.45) is 4.55. The highest BCUT2D eigenvalue weighted by molar-refractivity contribution is 6.33. The Hall–Kier alpha value is -1.62. The number of carboxylic acid groups (broad SMARTS) is 1. The normalized spacial score (nSPS) is 22.7. The summed E-state index contributed by atoms with van der Waals surface area (Å²) in [6, 6.07) is 1.59. The van der Waals surface area contributed by atoms with Crippen LogP contribution in [0.2, 0.25) is 5.02 Å². The van der Waals surface area contributed by atoms with E-state index in [1.165, 1.54) is 12.4 Å². The van der Waals surface area contributed by atoms with Crippen LogP contribution in [0.4, 0.5) is 5.69 Å². The topological polar surface area (TPSA) is 79.3 Å². The fraction of sp³-hybridized carbons (Fsp3) is 0.417. The molecule has 0 bridgehead atoms. The Balaban J connectivity index is 1.98. The smallest absolute Gasteiger partial charge is 0.306 e. The van der Waals surface area contributed by atoms with E-state index in [2.05, 4.69) is 10.3 Å². The first-order chi connectivity index (χ1) is 8.58. The number of carbonyl (C=O) groups is 2. The number of halogens is 1. The fourth-order valence-corrected chi connectivity index (χ4v) is 2.30. The Kier molecular flexibility index (Phi) is 3.81. The predicted molar refractivity (Wildman–Crippen MR) is 66.3 cm³/mol. The molecule has 1 aliphatic rings. The maximum atomic E-state index is 11.9. The monoisotopic (exact) mass is 268 g/mol. The standard InChI is InChI=1S/C12H13ClN2O3/c13-9-3-4-14-6-10(9)15-11(16)7-1-2-8(5-7)12(17)18/h3-4,6-8H,1-2,5H2,(H,15,16)(H,17,18). The number of aromatic nitrogens is 1. The summed E-state index contributed by atoms with van der Waals surface area (Å²) >= 11 is 5.91. The number of rotatable bonds is 3. The van der Waals surface area contributed by atoms with Gasteiger partial charge in [0.1, 0.15) is 0 Å². The zero-order valence-corrected chi connectivity index (χ0v) is 10.4. The minimum atomic E-state index is -0.829. The molecular weight excluding hydrogens is 256 g/mol. The Bertz CT molecular complexity index is 478. The van der Waals surface area contributed by atoms with Gasteiger partial charge in [-0.25, -0.2) is 0 Å². The molecule has 6 heteroatoms. The van der Waals surface area contributed by atoms with Crippen LogP contribution in [0.3, 0.4) is 0 Å². The van der Waals surface area contributed by atoms with Crippen molar-refractivity contribution in [1.82, 2.24) is 4.98 Å². The number of carboxylic acids is 1. The molecule has 0 radical (unpaired) electrons. The largest absolute Gasteiger partial charge is 0.481 e. The Labute approximate surface area is 109 Å². The highest BCUT2D eigenvalue weighted by Gasteiger charge is 2.33. The van der Waals surface area contributed by atoms with Gasteiger partial charge in [-0.2, -0.15) is 0 Å². The summed E-state index contributed by atoms with van der Waals surface area (Å²) in [5, 5.41) is 12.0. The molecule has 2 N–H and O–H groups in total. The van der Waals surface area contributed by atoms with Crippen molar-refractivity contribution in [1.29, 1.82) is 0 Å². The second-order valence-corrected chi connectivity index (χ2v) is 4.80. The number of pyridine rings is 1. The zero-order chi connectivity index (χ0) is 13.1. The lowest BCUT2D eigenvalue weighted by molar-refractivity contribution is -0.141. The van der Waals surface area contributed by atoms with E-state index in [0.717, 1.165) is 0 Å². The van der Waals surface area contributed by atoms with E-state index in [1.807, 2.05) is 0 Å². The van der Waals surface area contributed by atoms with Crippen molar-refractivity contribution >= 4 is 29.2 Å². The fourth-order valence-electron chi connectivity index (χ4n) is 2.15. The van der Waals surface area contributed by atoms with Gasteiger partial charge in [-0.3, -0.25) is 14.6 Å². The Morgan fingerprint density at radius 3 is 2.72 bits per heavy atom. The average Bonchev–Trinajstić information content (AvgIpc) is 2.81. The Morgan fingerprint density at radius 2 is 2.11 bits per heavy atom. The molecule has 0 aromatic carbocycles. The van der Waals surface area contributed by atoms with Gasteiger partial charge in [0.15, 0.2) is 0 Å². The van der Waals surface area contributed by atoms with Crippen LogP contribution < -0.4 is 5.32 Å². The van der Waals surface area contributed by atoms with E-state index < -0.39 is 11.9 Å². The van der Waals surface area contributed by atoms with Crippen LogP contribution in [-0.4, -0.2) is 22.0 Å². The van der Waals surface area contributed by atoms with Crippen molar-refractivity contribution in [2.24, 2.45) is 11.8 Å². The second kappa shape index (κ2) is 5.35. The van der Waals surface area contributed by atoms with Crippen molar-refractivity contribution in [3.8, 4) is 0 Å². The molecule has 96 valence electrons. The van der Waals surface area contributed by atoms with Crippen molar-refractivity contribution < 1.29 is 14.7 Å². The molecule has 0 aliphatic heterocycles. The third-order valence-corrected chi connectivity index (χ3v) is 3.51. The van der Waals surface area contributed by atoms with Crippen LogP contribution in [0.25, 0.3) is 0 Å². The minimum absolute atomic E-state index is 0.186. The molecule has 0 spiro atoms. The van der Waals surface area contributed by atoms with Gasteiger partial charge in [-0.1, -0.05) is 11.6 Å². The summed E-state index contributed by atoms with van der Waals surface area (Å²) < 4.78 is 0. The molecule has 1 fully saturated rings. The maximum absolute atomic E-state index is 11.9. The summed E-state index contributed by atoms with van der Waals surface area (Å²) in [6.45, 7) is 0. The quantitative estimate of drug-likeness (QED) is 0.881. The predicted octanol–water partition coefficient (Wildman–Crippen LogP) is 2.17. The van der Waals surface area contributed by atoms with Crippen molar-refractivity contribution in [2.45, 2.75) is 19.3 Å². The molecule has 5 nitrogen and oxygen atoms in total. The number of amides is 1. The van der Waals surface area contributed by atoms with Gasteiger partial charge < -0.3 is 10.4 Å². The third-order valence-electron chi connectivity index (χ3n) is 3.18. The number of aliphatic carboxylic acids is 1. The van der Waals surface area contributed by atoms with Gasteiger partial charge in [0.2, 0.25) is 5.91 Å². The van der Waals surface area contributed by atoms with E-state index in [0.29, 0.717) is 30.0 Å². The van der Waals surface area contributed by atoms with E-state index in [1.54, 1.807) is 6.07 Å². The number of hydrogen-bond donors (Lipinski definition) is 2. The summed E-state index contributed by atoms with van der Waals surface area (Å²) in [5.41, 5.74) is 0.461. The van der Waals surface area contributed by atoms with Gasteiger partial charge in [-0.15, -0.1) is 0 Å². The molecule has 1 amide bonds. The molecule has 1 saturated carbocycles. The lowest BCUT2D eigenvalue weighted by atomic mass is 10.0. The van der Waals surface area contributed by atoms with Crippen LogP contribution in [0.1, 0.15) is 19.3 Å². The molecule has 1 aromatic heterocycles. The van der Waals surface area contributed by atoms with E-state index >= 15 is 0 Å². The molecule has 1 heterocycles. The van der Waals surface area contributed by atoms with E-state index in [9.17, 15) is 9.59 Å². The minimum Gasteiger partial charge on any atom is -0.481 e. The van der Waals surface area contributed by atoms with Gasteiger partial charge in [0, 0.05) is 12.1 Å². The summed E-state index contributed by atoms with van der Waals surface area (Å²) in [7, 11) is 0. The lowest BCUT2D eigenvalue weighted by Gasteiger charge is -2.11. The highest BCUT2D eigenvalue weighted by Crippen LogP contribution is 2.32. The van der Waals surface area contributed by atoms with E-state index in [4.69, 9.17) is 16.7 Å². The van der Waals surface area contributed by atoms with Crippen LogP contribution in [0.15, 0.2) is 18.5 Å². The first kappa shape index (κ1) is 12.8. The van der Waals surface area contributed by atoms with Gasteiger partial charge >= 0.3 is 5.97 Å². The first-order valence-corrected chi connectivity index (χ1v) is 6.09. The molecule has 2 atom stereocenters. The molecule has 0 saturated heterocycles. The van der Waals surface area contributed by atoms with Gasteiger partial charge in [-0.05, 0) is 25.3 Å². The molecule has 1 aliphatic carbocycles. The number of carbonyl (C=O) groups excluding carboxylic acids is 1. The van der Waals surface area contributed by atoms with Crippen LogP contribution in [0, 0.1) is 11.8 Å². The molecular formula is C12H13ClN2O3. The second-order valence-electron chi connectivity index (χ2n) is 4.39. The van der Waals surface area contributed by atoms with Crippen molar-refractivity contribution in [3.63, 3.8) is 0 Å².